The van der Waals surface area contributed by atoms with E-state index in [1.54, 1.807) is 12.1 Å². The zero-order chi connectivity index (χ0) is 21.3. The second-order valence-corrected chi connectivity index (χ2v) is 8.25. The molecule has 0 saturated carbocycles. The molecule has 0 unspecified atom stereocenters. The summed E-state index contributed by atoms with van der Waals surface area (Å²) in [6.45, 7) is 9.21. The van der Waals surface area contributed by atoms with Gasteiger partial charge in [0.2, 0.25) is 0 Å². The molecule has 0 bridgehead atoms. The number of rotatable bonds is 9. The van der Waals surface area contributed by atoms with E-state index in [0.717, 1.165) is 54.8 Å². The van der Waals surface area contributed by atoms with Crippen molar-refractivity contribution in [1.29, 1.82) is 5.26 Å². The number of nitrogens with one attached hydrogen (secondary N) is 1. The van der Waals surface area contributed by atoms with E-state index in [1.807, 2.05) is 24.3 Å². The normalized spacial score (nSPS) is 18.7. The summed E-state index contributed by atoms with van der Waals surface area (Å²) in [5.74, 6) is 2.32. The van der Waals surface area contributed by atoms with Crippen molar-refractivity contribution in [2.75, 3.05) is 32.8 Å². The van der Waals surface area contributed by atoms with Gasteiger partial charge in [-0.15, -0.1) is 0 Å². The van der Waals surface area contributed by atoms with Crippen molar-refractivity contribution in [2.45, 2.75) is 26.7 Å². The van der Waals surface area contributed by atoms with Crippen LogP contribution in [0.25, 0.3) is 0 Å². The van der Waals surface area contributed by atoms with E-state index >= 15 is 0 Å². The third-order valence-electron chi connectivity index (χ3n) is 5.83. The van der Waals surface area contributed by atoms with Crippen LogP contribution in [-0.4, -0.2) is 43.6 Å². The Bertz CT molecular complexity index is 863. The van der Waals surface area contributed by atoms with Gasteiger partial charge in [-0.1, -0.05) is 38.1 Å². The van der Waals surface area contributed by atoms with E-state index in [1.165, 1.54) is 0 Å². The van der Waals surface area contributed by atoms with Crippen LogP contribution >= 0.6 is 0 Å². The second-order valence-electron chi connectivity index (χ2n) is 8.25. The molecule has 1 saturated heterocycles. The zero-order valence-electron chi connectivity index (χ0n) is 17.9. The molecule has 0 aromatic heterocycles. The van der Waals surface area contributed by atoms with Crippen LogP contribution in [0.2, 0.25) is 0 Å². The summed E-state index contributed by atoms with van der Waals surface area (Å²) in [4.78, 5) is 14.8. The van der Waals surface area contributed by atoms with Crippen molar-refractivity contribution in [1.82, 2.24) is 10.2 Å². The molecule has 2 atom stereocenters. The van der Waals surface area contributed by atoms with Crippen LogP contribution in [0.1, 0.15) is 35.3 Å². The van der Waals surface area contributed by atoms with Crippen LogP contribution < -0.4 is 10.1 Å². The summed E-state index contributed by atoms with van der Waals surface area (Å²) >= 11 is 0. The highest BCUT2D eigenvalue weighted by Crippen LogP contribution is 2.21. The molecule has 1 heterocycles. The minimum absolute atomic E-state index is 0.111. The Morgan fingerprint density at radius 3 is 2.57 bits per heavy atom. The molecule has 3 rings (SSSR count). The quantitative estimate of drug-likeness (QED) is 0.691. The molecule has 1 N–H and O–H groups in total. The fourth-order valence-corrected chi connectivity index (χ4v) is 3.81. The standard InChI is InChI=1S/C25H31N3O2/c1-19-17-28(18-20(19)2)14-15-30-24-8-6-21(7-9-24)11-13-27-25(29)23-5-3-4-22(16-23)10-12-26/h3-9,16,19-20H,10-11,13-15,17-18H2,1-2H3,(H,27,29)/t19-,20-/m1/s1. The molecule has 5 heteroatoms. The first-order valence-electron chi connectivity index (χ1n) is 10.7. The van der Waals surface area contributed by atoms with Crippen molar-refractivity contribution < 1.29 is 9.53 Å². The fourth-order valence-electron chi connectivity index (χ4n) is 3.81. The Morgan fingerprint density at radius 1 is 1.13 bits per heavy atom. The Labute approximate surface area is 179 Å². The lowest BCUT2D eigenvalue weighted by atomic mass is 10.0. The number of nitriles is 1. The summed E-state index contributed by atoms with van der Waals surface area (Å²) in [5, 5.41) is 11.7. The van der Waals surface area contributed by atoms with E-state index in [9.17, 15) is 4.79 Å². The maximum atomic E-state index is 12.3. The number of nitrogens with zero attached hydrogens (tertiary/aromatic N) is 2. The van der Waals surface area contributed by atoms with Gasteiger partial charge in [-0.3, -0.25) is 9.69 Å². The SMILES string of the molecule is C[C@@H]1CN(CCOc2ccc(CCNC(=O)c3cccc(CC#N)c3)cc2)C[C@H]1C. The lowest BCUT2D eigenvalue weighted by Crippen LogP contribution is -2.26. The second kappa shape index (κ2) is 10.8. The van der Waals surface area contributed by atoms with Gasteiger partial charge >= 0.3 is 0 Å². The highest BCUT2D eigenvalue weighted by molar-refractivity contribution is 5.94. The molecular weight excluding hydrogens is 374 g/mol. The van der Waals surface area contributed by atoms with E-state index in [4.69, 9.17) is 10.00 Å². The average molecular weight is 406 g/mol. The maximum absolute atomic E-state index is 12.3. The molecule has 158 valence electrons. The highest BCUT2D eigenvalue weighted by Gasteiger charge is 2.25. The molecule has 1 aliphatic heterocycles. The largest absolute Gasteiger partial charge is 0.492 e. The lowest BCUT2D eigenvalue weighted by molar-refractivity contribution is 0.0954. The molecule has 0 aliphatic carbocycles. The van der Waals surface area contributed by atoms with Gasteiger partial charge in [0.1, 0.15) is 12.4 Å². The van der Waals surface area contributed by atoms with E-state index in [0.29, 0.717) is 25.1 Å². The minimum Gasteiger partial charge on any atom is -0.492 e. The number of hydrogen-bond donors (Lipinski definition) is 1. The number of ether oxygens (including phenoxy) is 1. The van der Waals surface area contributed by atoms with Gasteiger partial charge in [-0.05, 0) is 53.6 Å². The van der Waals surface area contributed by atoms with Crippen LogP contribution in [0.15, 0.2) is 48.5 Å². The summed E-state index contributed by atoms with van der Waals surface area (Å²) in [6.07, 6.45) is 1.07. The van der Waals surface area contributed by atoms with Gasteiger partial charge in [-0.25, -0.2) is 0 Å². The van der Waals surface area contributed by atoms with Crippen molar-refractivity contribution in [3.05, 3.63) is 65.2 Å². The molecule has 0 radical (unpaired) electrons. The van der Waals surface area contributed by atoms with Crippen LogP contribution in [0.4, 0.5) is 0 Å². The monoisotopic (exact) mass is 405 g/mol. The molecular formula is C25H31N3O2. The van der Waals surface area contributed by atoms with Gasteiger partial charge < -0.3 is 10.1 Å². The van der Waals surface area contributed by atoms with Crippen molar-refractivity contribution >= 4 is 5.91 Å². The molecule has 5 nitrogen and oxygen atoms in total. The highest BCUT2D eigenvalue weighted by atomic mass is 16.5. The van der Waals surface area contributed by atoms with Gasteiger partial charge in [0.15, 0.2) is 0 Å². The number of hydrogen-bond acceptors (Lipinski definition) is 4. The van der Waals surface area contributed by atoms with Crippen LogP contribution in [0, 0.1) is 23.2 Å². The predicted molar refractivity (Wildman–Crippen MR) is 119 cm³/mol. The molecule has 30 heavy (non-hydrogen) atoms. The first-order chi connectivity index (χ1) is 14.5. The van der Waals surface area contributed by atoms with E-state index in [-0.39, 0.29) is 5.91 Å². The van der Waals surface area contributed by atoms with Crippen molar-refractivity contribution in [2.24, 2.45) is 11.8 Å². The maximum Gasteiger partial charge on any atom is 0.251 e. The summed E-state index contributed by atoms with van der Waals surface area (Å²) in [5.41, 5.74) is 2.60. The third-order valence-corrected chi connectivity index (χ3v) is 5.83. The summed E-state index contributed by atoms with van der Waals surface area (Å²) in [7, 11) is 0. The van der Waals surface area contributed by atoms with Gasteiger partial charge in [-0.2, -0.15) is 5.26 Å². The molecule has 1 fully saturated rings. The molecule has 2 aromatic rings. The number of likely N-dealkylation sites (tertiary alicyclic amines) is 1. The first kappa shape index (κ1) is 21.9. The predicted octanol–water partition coefficient (Wildman–Crippen LogP) is 3.69. The van der Waals surface area contributed by atoms with Crippen molar-refractivity contribution in [3.8, 4) is 11.8 Å². The topological polar surface area (TPSA) is 65.4 Å². The van der Waals surface area contributed by atoms with Crippen LogP contribution in [-0.2, 0) is 12.8 Å². The van der Waals surface area contributed by atoms with Gasteiger partial charge in [0.25, 0.3) is 5.91 Å². The molecule has 2 aromatic carbocycles. The molecule has 1 amide bonds. The van der Waals surface area contributed by atoms with Crippen molar-refractivity contribution in [3.63, 3.8) is 0 Å². The van der Waals surface area contributed by atoms with Gasteiger partial charge in [0, 0.05) is 31.7 Å². The number of carbonyl (C=O) groups excluding carboxylic acids is 1. The first-order valence-corrected chi connectivity index (χ1v) is 10.7. The minimum atomic E-state index is -0.111. The summed E-state index contributed by atoms with van der Waals surface area (Å²) < 4.78 is 5.89. The molecule has 1 aliphatic rings. The average Bonchev–Trinajstić information content (AvgIpc) is 3.07. The van der Waals surface area contributed by atoms with Crippen LogP contribution in [0.3, 0.4) is 0 Å². The Balaban J connectivity index is 1.38. The Hall–Kier alpha value is -2.84. The van der Waals surface area contributed by atoms with Gasteiger partial charge in [0.05, 0.1) is 12.5 Å². The summed E-state index contributed by atoms with van der Waals surface area (Å²) in [6, 6.07) is 17.4. The third kappa shape index (κ3) is 6.33. The number of benzene rings is 2. The van der Waals surface area contributed by atoms with E-state index in [2.05, 4.69) is 42.3 Å². The fraction of sp³-hybridized carbons (Fsp3) is 0.440. The molecule has 0 spiro atoms. The van der Waals surface area contributed by atoms with E-state index < -0.39 is 0 Å². The zero-order valence-corrected chi connectivity index (χ0v) is 17.9. The number of amides is 1. The Kier molecular flexibility index (Phi) is 7.87. The lowest BCUT2D eigenvalue weighted by Gasteiger charge is -2.16. The smallest absolute Gasteiger partial charge is 0.251 e. The van der Waals surface area contributed by atoms with Crippen LogP contribution in [0.5, 0.6) is 5.75 Å². The number of carbonyl (C=O) groups is 1. The Morgan fingerprint density at radius 2 is 1.87 bits per heavy atom.